The standard InChI is InChI=1S/C48H44N2/c1-32-18-21-35-12-6-10-16-44(35)49(32)46-27-23-34(38-14-8-9-15-41(38)46)22-19-33-20-25-39-40-26-24-37(31-43(40)48(4,5)42(39)30-33)50-45-17-11-7-13-36(45)28-29-47(50,2)3/h6-17,19-20,22-32H,18,21H2,1-5H3/b22-19+. The lowest BCUT2D eigenvalue weighted by Gasteiger charge is -2.42. The molecule has 0 radical (unpaired) electrons. The molecule has 3 aliphatic rings. The van der Waals surface area contributed by atoms with Gasteiger partial charge < -0.3 is 9.80 Å². The summed E-state index contributed by atoms with van der Waals surface area (Å²) in [6.45, 7) is 11.7. The van der Waals surface area contributed by atoms with Gasteiger partial charge in [-0.3, -0.25) is 0 Å². The lowest BCUT2D eigenvalue weighted by molar-refractivity contribution is 0.619. The van der Waals surface area contributed by atoms with Gasteiger partial charge in [-0.15, -0.1) is 0 Å². The van der Waals surface area contributed by atoms with E-state index in [0.29, 0.717) is 6.04 Å². The Morgan fingerprint density at radius 3 is 2.18 bits per heavy atom. The van der Waals surface area contributed by atoms with Crippen LogP contribution in [-0.2, 0) is 11.8 Å². The summed E-state index contributed by atoms with van der Waals surface area (Å²) in [6, 6.07) is 45.8. The molecule has 1 unspecified atom stereocenters. The summed E-state index contributed by atoms with van der Waals surface area (Å²) in [4.78, 5) is 5.05. The zero-order valence-corrected chi connectivity index (χ0v) is 29.7. The maximum absolute atomic E-state index is 2.56. The van der Waals surface area contributed by atoms with Crippen molar-refractivity contribution in [3.8, 4) is 11.1 Å². The smallest absolute Gasteiger partial charge is 0.0580 e. The normalized spacial score (nSPS) is 18.2. The summed E-state index contributed by atoms with van der Waals surface area (Å²) in [7, 11) is 0. The maximum atomic E-state index is 2.56. The molecule has 2 heteroatoms. The summed E-state index contributed by atoms with van der Waals surface area (Å²) in [5, 5.41) is 2.59. The van der Waals surface area contributed by atoms with E-state index in [-0.39, 0.29) is 11.0 Å². The third-order valence-electron chi connectivity index (χ3n) is 11.5. The fourth-order valence-corrected chi connectivity index (χ4v) is 8.87. The Balaban J connectivity index is 1.06. The summed E-state index contributed by atoms with van der Waals surface area (Å²) in [5.74, 6) is 0. The van der Waals surface area contributed by atoms with Gasteiger partial charge in [-0.05, 0) is 114 Å². The summed E-state index contributed by atoms with van der Waals surface area (Å²) < 4.78 is 0. The minimum atomic E-state index is -0.130. The molecule has 0 aromatic heterocycles. The first-order chi connectivity index (χ1) is 24.2. The molecule has 0 amide bonds. The number of rotatable bonds is 4. The van der Waals surface area contributed by atoms with Crippen LogP contribution in [0.1, 0.15) is 74.4 Å². The molecule has 50 heavy (non-hydrogen) atoms. The summed E-state index contributed by atoms with van der Waals surface area (Å²) in [5.41, 5.74) is 15.5. The van der Waals surface area contributed by atoms with Crippen LogP contribution >= 0.6 is 0 Å². The Hall–Kier alpha value is -5.34. The molecule has 2 aliphatic heterocycles. The van der Waals surface area contributed by atoms with Crippen LogP contribution < -0.4 is 9.80 Å². The van der Waals surface area contributed by atoms with Crippen LogP contribution in [0.15, 0.2) is 127 Å². The van der Waals surface area contributed by atoms with Crippen molar-refractivity contribution in [3.63, 3.8) is 0 Å². The van der Waals surface area contributed by atoms with Gasteiger partial charge in [0.05, 0.1) is 5.54 Å². The number of aryl methyl sites for hydroxylation is 1. The molecule has 1 aliphatic carbocycles. The third kappa shape index (κ3) is 4.76. The van der Waals surface area contributed by atoms with Gasteiger partial charge >= 0.3 is 0 Å². The highest BCUT2D eigenvalue weighted by Gasteiger charge is 2.38. The molecule has 0 N–H and O–H groups in total. The summed E-state index contributed by atoms with van der Waals surface area (Å²) >= 11 is 0. The topological polar surface area (TPSA) is 6.48 Å². The van der Waals surface area contributed by atoms with Crippen LogP contribution in [0.5, 0.6) is 0 Å². The van der Waals surface area contributed by atoms with Crippen LogP contribution in [0.25, 0.3) is 40.1 Å². The van der Waals surface area contributed by atoms with Gasteiger partial charge in [0.15, 0.2) is 0 Å². The molecule has 6 aromatic rings. The molecule has 0 saturated heterocycles. The first kappa shape index (κ1) is 30.7. The molecule has 9 rings (SSSR count). The number of anilines is 4. The molecule has 0 bridgehead atoms. The maximum Gasteiger partial charge on any atom is 0.0580 e. The van der Waals surface area contributed by atoms with Gasteiger partial charge in [-0.2, -0.15) is 0 Å². The Labute approximate surface area is 297 Å². The van der Waals surface area contributed by atoms with Gasteiger partial charge in [0.25, 0.3) is 0 Å². The molecule has 246 valence electrons. The van der Waals surface area contributed by atoms with E-state index in [4.69, 9.17) is 0 Å². The SMILES string of the molecule is CC1CCc2ccccc2N1c1ccc(/C=C/c2ccc3c(c2)C(C)(C)c2cc(N4c5ccccc5C=CC4(C)C)ccc2-3)c2ccccc12. The van der Waals surface area contributed by atoms with Gasteiger partial charge in [0, 0.05) is 39.6 Å². The lowest BCUT2D eigenvalue weighted by Crippen LogP contribution is -2.40. The molecule has 0 fully saturated rings. The second kappa shape index (κ2) is 11.4. The van der Waals surface area contributed by atoms with Gasteiger partial charge in [0.2, 0.25) is 0 Å². The van der Waals surface area contributed by atoms with E-state index in [0.717, 1.165) is 12.8 Å². The highest BCUT2D eigenvalue weighted by atomic mass is 15.2. The molecule has 0 saturated carbocycles. The Bertz CT molecular complexity index is 2370. The minimum Gasteiger partial charge on any atom is -0.338 e. The monoisotopic (exact) mass is 648 g/mol. The molecule has 1 atom stereocenters. The number of para-hydroxylation sites is 2. The van der Waals surface area contributed by atoms with Gasteiger partial charge in [-0.25, -0.2) is 0 Å². The van der Waals surface area contributed by atoms with E-state index in [1.165, 1.54) is 78.0 Å². The largest absolute Gasteiger partial charge is 0.338 e. The van der Waals surface area contributed by atoms with E-state index in [9.17, 15) is 0 Å². The van der Waals surface area contributed by atoms with Crippen molar-refractivity contribution in [2.75, 3.05) is 9.80 Å². The Morgan fingerprint density at radius 1 is 0.640 bits per heavy atom. The molecule has 6 aromatic carbocycles. The number of hydrogen-bond donors (Lipinski definition) is 0. The average Bonchev–Trinajstić information content (AvgIpc) is 3.35. The van der Waals surface area contributed by atoms with Crippen molar-refractivity contribution in [1.82, 2.24) is 0 Å². The lowest BCUT2D eigenvalue weighted by atomic mass is 9.81. The van der Waals surface area contributed by atoms with Gasteiger partial charge in [-0.1, -0.05) is 129 Å². The second-order valence-electron chi connectivity index (χ2n) is 15.5. The van der Waals surface area contributed by atoms with Crippen molar-refractivity contribution in [1.29, 1.82) is 0 Å². The fraction of sp³-hybridized carbons (Fsp3) is 0.208. The zero-order chi connectivity index (χ0) is 34.2. The van der Waals surface area contributed by atoms with E-state index < -0.39 is 0 Å². The summed E-state index contributed by atoms with van der Waals surface area (Å²) in [6.07, 6.45) is 11.5. The fourth-order valence-electron chi connectivity index (χ4n) is 8.87. The van der Waals surface area contributed by atoms with E-state index in [1.807, 2.05) is 0 Å². The van der Waals surface area contributed by atoms with E-state index in [2.05, 4.69) is 190 Å². The molecule has 0 spiro atoms. The van der Waals surface area contributed by atoms with Crippen LogP contribution in [-0.4, -0.2) is 11.6 Å². The van der Waals surface area contributed by atoms with E-state index >= 15 is 0 Å². The predicted octanol–water partition coefficient (Wildman–Crippen LogP) is 12.7. The first-order valence-corrected chi connectivity index (χ1v) is 18.2. The average molecular weight is 649 g/mol. The van der Waals surface area contributed by atoms with Crippen LogP contribution in [0.3, 0.4) is 0 Å². The van der Waals surface area contributed by atoms with Crippen molar-refractivity contribution >= 4 is 51.8 Å². The molecule has 2 nitrogen and oxygen atoms in total. The number of benzene rings is 6. The van der Waals surface area contributed by atoms with Crippen LogP contribution in [0.4, 0.5) is 22.7 Å². The van der Waals surface area contributed by atoms with Crippen molar-refractivity contribution in [3.05, 3.63) is 161 Å². The van der Waals surface area contributed by atoms with Crippen molar-refractivity contribution < 1.29 is 0 Å². The van der Waals surface area contributed by atoms with Crippen molar-refractivity contribution in [2.24, 2.45) is 0 Å². The zero-order valence-electron chi connectivity index (χ0n) is 29.7. The minimum absolute atomic E-state index is 0.115. The van der Waals surface area contributed by atoms with Gasteiger partial charge in [0.1, 0.15) is 0 Å². The second-order valence-corrected chi connectivity index (χ2v) is 15.5. The highest BCUT2D eigenvalue weighted by molar-refractivity contribution is 6.02. The van der Waals surface area contributed by atoms with Crippen molar-refractivity contribution in [2.45, 2.75) is 64.5 Å². The van der Waals surface area contributed by atoms with Crippen LogP contribution in [0.2, 0.25) is 0 Å². The third-order valence-corrected chi connectivity index (χ3v) is 11.5. The first-order valence-electron chi connectivity index (χ1n) is 18.2. The quantitative estimate of drug-likeness (QED) is 0.176. The molecule has 2 heterocycles. The van der Waals surface area contributed by atoms with E-state index in [1.54, 1.807) is 0 Å². The molecular formula is C48H44N2. The molecular weight excluding hydrogens is 605 g/mol. The Morgan fingerprint density at radius 2 is 1.34 bits per heavy atom. The Kier molecular flexibility index (Phi) is 6.97. The number of hydrogen-bond acceptors (Lipinski definition) is 2. The highest BCUT2D eigenvalue weighted by Crippen LogP contribution is 2.51. The van der Waals surface area contributed by atoms with Crippen LogP contribution in [0, 0.1) is 0 Å². The number of fused-ring (bicyclic) bond motifs is 6. The number of nitrogens with zero attached hydrogens (tertiary/aromatic N) is 2. The predicted molar refractivity (Wildman–Crippen MR) is 215 cm³/mol.